The molecule has 1 aliphatic rings. The summed E-state index contributed by atoms with van der Waals surface area (Å²) in [5.74, 6) is -2.56. The van der Waals surface area contributed by atoms with Crippen LogP contribution in [0.2, 0.25) is 0 Å². The lowest BCUT2D eigenvalue weighted by molar-refractivity contribution is -0.173. The van der Waals surface area contributed by atoms with Crippen molar-refractivity contribution in [1.82, 2.24) is 15.6 Å². The van der Waals surface area contributed by atoms with Crippen molar-refractivity contribution in [2.24, 2.45) is 0 Å². The molecule has 228 valence electrons. The average Bonchev–Trinajstić information content (AvgIpc) is 3.45. The van der Waals surface area contributed by atoms with Gasteiger partial charge in [-0.3, -0.25) is 14.4 Å². The number of anilines is 1. The minimum Gasteiger partial charge on any atom is -0.494 e. The summed E-state index contributed by atoms with van der Waals surface area (Å²) in [6.07, 6.45) is -3.11. The SMILES string of the molecule is O=C(NCc1cnc(-c2ccc(OCCCNC(=O)C(F)(F)F)cc2)s1)c1ccc2c(c1)NC(=O)c1ccccc1S2(=O)=O. The Morgan fingerprint density at radius 3 is 2.48 bits per heavy atom. The number of rotatable bonds is 9. The Morgan fingerprint density at radius 2 is 1.73 bits per heavy atom. The molecule has 0 saturated heterocycles. The summed E-state index contributed by atoms with van der Waals surface area (Å²) in [5.41, 5.74) is 0.974. The van der Waals surface area contributed by atoms with Crippen LogP contribution in [-0.2, 0) is 21.2 Å². The predicted molar refractivity (Wildman–Crippen MR) is 154 cm³/mol. The van der Waals surface area contributed by atoms with Crippen LogP contribution in [0.25, 0.3) is 10.6 Å². The molecule has 15 heteroatoms. The molecule has 44 heavy (non-hydrogen) atoms. The molecule has 5 rings (SSSR count). The molecule has 10 nitrogen and oxygen atoms in total. The molecular formula is C29H23F3N4O6S2. The van der Waals surface area contributed by atoms with E-state index in [4.69, 9.17) is 4.74 Å². The summed E-state index contributed by atoms with van der Waals surface area (Å²) in [6, 6.07) is 16.8. The van der Waals surface area contributed by atoms with E-state index in [0.717, 1.165) is 10.4 Å². The number of sulfone groups is 1. The number of hydrogen-bond acceptors (Lipinski definition) is 8. The third kappa shape index (κ3) is 6.73. The molecule has 0 atom stereocenters. The van der Waals surface area contributed by atoms with E-state index in [1.165, 1.54) is 47.7 Å². The third-order valence-corrected chi connectivity index (χ3v) is 9.33. The second kappa shape index (κ2) is 12.5. The highest BCUT2D eigenvalue weighted by Gasteiger charge is 2.38. The van der Waals surface area contributed by atoms with Gasteiger partial charge in [0.15, 0.2) is 0 Å². The molecule has 0 radical (unpaired) electrons. The zero-order valence-electron chi connectivity index (χ0n) is 22.6. The highest BCUT2D eigenvalue weighted by atomic mass is 32.2. The number of alkyl halides is 3. The Morgan fingerprint density at radius 1 is 0.977 bits per heavy atom. The minimum absolute atomic E-state index is 0.0135. The van der Waals surface area contributed by atoms with Crippen LogP contribution in [0.1, 0.15) is 32.0 Å². The molecule has 0 saturated carbocycles. The summed E-state index contributed by atoms with van der Waals surface area (Å²) in [4.78, 5) is 41.3. The number of ether oxygens (including phenoxy) is 1. The Labute approximate surface area is 253 Å². The van der Waals surface area contributed by atoms with Crippen LogP contribution in [0.4, 0.5) is 18.9 Å². The summed E-state index contributed by atoms with van der Waals surface area (Å²) in [7, 11) is -3.99. The van der Waals surface area contributed by atoms with Crippen LogP contribution in [0, 0.1) is 0 Å². The summed E-state index contributed by atoms with van der Waals surface area (Å²) >= 11 is 1.34. The fourth-order valence-corrected chi connectivity index (χ4v) is 6.70. The molecule has 1 aliphatic heterocycles. The molecule has 1 aromatic heterocycles. The number of fused-ring (bicyclic) bond motifs is 2. The highest BCUT2D eigenvalue weighted by Crippen LogP contribution is 2.34. The van der Waals surface area contributed by atoms with Gasteiger partial charge in [-0.2, -0.15) is 13.2 Å². The van der Waals surface area contributed by atoms with Crippen LogP contribution in [0.15, 0.2) is 82.7 Å². The first-order valence-electron chi connectivity index (χ1n) is 13.0. The van der Waals surface area contributed by atoms with Gasteiger partial charge in [0.1, 0.15) is 10.8 Å². The summed E-state index contributed by atoms with van der Waals surface area (Å²) in [5, 5.41) is 7.81. The number of thiazole rings is 1. The molecule has 2 heterocycles. The number of amides is 3. The first-order chi connectivity index (χ1) is 20.9. The summed E-state index contributed by atoms with van der Waals surface area (Å²) in [6.45, 7) is 0.0863. The number of carbonyl (C=O) groups excluding carboxylic acids is 3. The number of nitrogens with one attached hydrogen (secondary N) is 3. The lowest BCUT2D eigenvalue weighted by Crippen LogP contribution is -2.37. The molecule has 0 aliphatic carbocycles. The van der Waals surface area contributed by atoms with E-state index in [1.54, 1.807) is 41.8 Å². The number of aromatic nitrogens is 1. The Bertz CT molecular complexity index is 1840. The normalized spacial score (nSPS) is 13.6. The monoisotopic (exact) mass is 644 g/mol. The molecule has 0 unspecified atom stereocenters. The number of benzene rings is 3. The lowest BCUT2D eigenvalue weighted by Gasteiger charge is -2.10. The number of nitrogens with zero attached hydrogens (tertiary/aromatic N) is 1. The fourth-order valence-electron chi connectivity index (χ4n) is 4.25. The first-order valence-corrected chi connectivity index (χ1v) is 15.3. The topological polar surface area (TPSA) is 144 Å². The van der Waals surface area contributed by atoms with E-state index in [9.17, 15) is 36.0 Å². The van der Waals surface area contributed by atoms with E-state index >= 15 is 0 Å². The van der Waals surface area contributed by atoms with Crippen LogP contribution >= 0.6 is 11.3 Å². The van der Waals surface area contributed by atoms with Crippen molar-refractivity contribution in [2.45, 2.75) is 28.9 Å². The third-order valence-electron chi connectivity index (χ3n) is 6.41. The van der Waals surface area contributed by atoms with Gasteiger partial charge < -0.3 is 20.7 Å². The van der Waals surface area contributed by atoms with E-state index in [1.807, 2.05) is 0 Å². The Balaban J connectivity index is 1.15. The highest BCUT2D eigenvalue weighted by molar-refractivity contribution is 7.91. The van der Waals surface area contributed by atoms with Crippen LogP contribution in [-0.4, -0.2) is 50.5 Å². The molecule has 3 N–H and O–H groups in total. The van der Waals surface area contributed by atoms with Crippen molar-refractivity contribution in [2.75, 3.05) is 18.5 Å². The Hall–Kier alpha value is -4.76. The van der Waals surface area contributed by atoms with Crippen molar-refractivity contribution >= 4 is 44.6 Å². The lowest BCUT2D eigenvalue weighted by atomic mass is 10.1. The Kier molecular flexibility index (Phi) is 8.69. The first kappa shape index (κ1) is 30.7. The fraction of sp³-hybridized carbons (Fsp3) is 0.172. The second-order valence-electron chi connectivity index (χ2n) is 9.46. The van der Waals surface area contributed by atoms with Gasteiger partial charge in [-0.05, 0) is 61.0 Å². The number of halogens is 3. The standard InChI is InChI=1S/C29H23F3N4O6S2/c30-29(31,32)28(39)33-12-3-13-42-19-9-6-17(7-10-19)27-35-16-20(43-27)15-34-25(37)18-8-11-24-22(14-18)36-26(38)21-4-1-2-5-23(21)44(24,40)41/h1-2,4-11,14,16H,3,12-13,15H2,(H,33,39)(H,34,37)(H,36,38). The minimum atomic E-state index is -4.92. The molecule has 0 fully saturated rings. The van der Waals surface area contributed by atoms with Gasteiger partial charge in [0, 0.05) is 28.7 Å². The van der Waals surface area contributed by atoms with Crippen molar-refractivity contribution in [3.63, 3.8) is 0 Å². The zero-order valence-corrected chi connectivity index (χ0v) is 24.2. The van der Waals surface area contributed by atoms with Gasteiger partial charge in [0.05, 0.1) is 34.2 Å². The van der Waals surface area contributed by atoms with Crippen molar-refractivity contribution in [3.8, 4) is 16.3 Å². The maximum absolute atomic E-state index is 13.2. The van der Waals surface area contributed by atoms with E-state index in [2.05, 4.69) is 15.6 Å². The smallest absolute Gasteiger partial charge is 0.471 e. The molecular weight excluding hydrogens is 621 g/mol. The van der Waals surface area contributed by atoms with Gasteiger partial charge in [0.2, 0.25) is 9.84 Å². The van der Waals surface area contributed by atoms with E-state index in [-0.39, 0.29) is 52.7 Å². The van der Waals surface area contributed by atoms with E-state index in [0.29, 0.717) is 10.8 Å². The maximum atomic E-state index is 13.2. The van der Waals surface area contributed by atoms with Gasteiger partial charge in [-0.25, -0.2) is 13.4 Å². The van der Waals surface area contributed by atoms with Gasteiger partial charge in [-0.15, -0.1) is 11.3 Å². The van der Waals surface area contributed by atoms with Gasteiger partial charge in [0.25, 0.3) is 11.8 Å². The van der Waals surface area contributed by atoms with E-state index < -0.39 is 33.7 Å². The average molecular weight is 645 g/mol. The molecule has 0 bridgehead atoms. The largest absolute Gasteiger partial charge is 0.494 e. The van der Waals surface area contributed by atoms with Crippen molar-refractivity contribution in [1.29, 1.82) is 0 Å². The quantitative estimate of drug-likeness (QED) is 0.226. The second-order valence-corrected chi connectivity index (χ2v) is 12.5. The van der Waals surface area contributed by atoms with Crippen LogP contribution in [0.3, 0.4) is 0 Å². The zero-order chi connectivity index (χ0) is 31.5. The van der Waals surface area contributed by atoms with Crippen LogP contribution < -0.4 is 20.7 Å². The summed E-state index contributed by atoms with van der Waals surface area (Å²) < 4.78 is 68.4. The molecule has 0 spiro atoms. The van der Waals surface area contributed by atoms with Crippen LogP contribution in [0.5, 0.6) is 5.75 Å². The van der Waals surface area contributed by atoms with Crippen molar-refractivity contribution < 1.29 is 40.7 Å². The maximum Gasteiger partial charge on any atom is 0.471 e. The van der Waals surface area contributed by atoms with Gasteiger partial charge in [-0.1, -0.05) is 12.1 Å². The predicted octanol–water partition coefficient (Wildman–Crippen LogP) is 4.59. The molecule has 3 aromatic carbocycles. The molecule has 3 amide bonds. The number of hydrogen-bond donors (Lipinski definition) is 3. The number of carbonyl (C=O) groups is 3. The van der Waals surface area contributed by atoms with Gasteiger partial charge >= 0.3 is 12.1 Å². The van der Waals surface area contributed by atoms with Crippen molar-refractivity contribution in [3.05, 3.63) is 88.9 Å². The molecule has 4 aromatic rings.